The summed E-state index contributed by atoms with van der Waals surface area (Å²) in [7, 11) is 0. The molecule has 0 radical (unpaired) electrons. The third-order valence-electron chi connectivity index (χ3n) is 3.12. The summed E-state index contributed by atoms with van der Waals surface area (Å²) in [5.74, 6) is 1.56. The summed E-state index contributed by atoms with van der Waals surface area (Å²) in [5, 5.41) is 0. The van der Waals surface area contributed by atoms with E-state index in [2.05, 4.69) is 52.0 Å². The number of rotatable bonds is 5. The maximum Gasteiger partial charge on any atom is 0.119 e. The second-order valence-corrected chi connectivity index (χ2v) is 4.68. The van der Waals surface area contributed by atoms with E-state index >= 15 is 0 Å². The van der Waals surface area contributed by atoms with Crippen molar-refractivity contribution in [2.45, 2.75) is 41.0 Å². The van der Waals surface area contributed by atoms with E-state index in [0.717, 1.165) is 12.4 Å². The zero-order chi connectivity index (χ0) is 12.8. The van der Waals surface area contributed by atoms with Crippen molar-refractivity contribution >= 4 is 5.57 Å². The molecule has 1 rings (SSSR count). The monoisotopic (exact) mass is 232 g/mol. The smallest absolute Gasteiger partial charge is 0.119 e. The van der Waals surface area contributed by atoms with Crippen molar-refractivity contribution in [1.82, 2.24) is 0 Å². The Hall–Kier alpha value is -1.24. The second kappa shape index (κ2) is 6.48. The number of allylic oxidation sites excluding steroid dienone is 2. The van der Waals surface area contributed by atoms with Crippen LogP contribution in [0.25, 0.3) is 5.57 Å². The minimum atomic E-state index is 0.609. The Kier molecular flexibility index (Phi) is 5.27. The molecule has 94 valence electrons. The fourth-order valence-electron chi connectivity index (χ4n) is 2.17. The van der Waals surface area contributed by atoms with Gasteiger partial charge < -0.3 is 4.74 Å². The van der Waals surface area contributed by atoms with Crippen molar-refractivity contribution in [3.05, 3.63) is 35.4 Å². The van der Waals surface area contributed by atoms with Crippen LogP contribution < -0.4 is 4.74 Å². The van der Waals surface area contributed by atoms with E-state index in [1.165, 1.54) is 23.1 Å². The lowest BCUT2D eigenvalue weighted by molar-refractivity contribution is 0.340. The molecule has 0 aromatic heterocycles. The van der Waals surface area contributed by atoms with E-state index < -0.39 is 0 Å². The van der Waals surface area contributed by atoms with Crippen molar-refractivity contribution in [1.29, 1.82) is 0 Å². The largest absolute Gasteiger partial charge is 0.494 e. The molecule has 0 saturated carbocycles. The van der Waals surface area contributed by atoms with E-state index in [-0.39, 0.29) is 0 Å². The van der Waals surface area contributed by atoms with Gasteiger partial charge >= 0.3 is 0 Å². The maximum atomic E-state index is 5.47. The molecule has 0 aliphatic rings. The Labute approximate surface area is 106 Å². The highest BCUT2D eigenvalue weighted by molar-refractivity contribution is 5.70. The average Bonchev–Trinajstić information content (AvgIpc) is 2.31. The van der Waals surface area contributed by atoms with Crippen LogP contribution in [0.15, 0.2) is 29.8 Å². The van der Waals surface area contributed by atoms with Crippen LogP contribution in [0.5, 0.6) is 5.75 Å². The Balaban J connectivity index is 3.01. The Morgan fingerprint density at radius 1 is 1.12 bits per heavy atom. The quantitative estimate of drug-likeness (QED) is 0.699. The van der Waals surface area contributed by atoms with Crippen molar-refractivity contribution in [2.75, 3.05) is 6.61 Å². The van der Waals surface area contributed by atoms with E-state index in [0.29, 0.717) is 5.92 Å². The van der Waals surface area contributed by atoms with Crippen LogP contribution in [0, 0.1) is 5.92 Å². The lowest BCUT2D eigenvalue weighted by atomic mass is 9.89. The first-order valence-corrected chi connectivity index (χ1v) is 6.50. The zero-order valence-corrected chi connectivity index (χ0v) is 11.7. The molecule has 0 amide bonds. The van der Waals surface area contributed by atoms with E-state index in [1.54, 1.807) is 0 Å². The molecule has 0 bridgehead atoms. The zero-order valence-electron chi connectivity index (χ0n) is 11.7. The topological polar surface area (TPSA) is 9.23 Å². The minimum absolute atomic E-state index is 0.609. The lowest BCUT2D eigenvalue weighted by Gasteiger charge is -2.17. The third-order valence-corrected chi connectivity index (χ3v) is 3.12. The molecule has 0 fully saturated rings. The Morgan fingerprint density at radius 2 is 1.71 bits per heavy atom. The van der Waals surface area contributed by atoms with E-state index in [4.69, 9.17) is 4.74 Å². The van der Waals surface area contributed by atoms with Crippen LogP contribution in [0.3, 0.4) is 0 Å². The number of benzene rings is 1. The summed E-state index contributed by atoms with van der Waals surface area (Å²) in [6.45, 7) is 11.6. The molecule has 0 N–H and O–H groups in total. The van der Waals surface area contributed by atoms with Crippen LogP contribution >= 0.6 is 0 Å². The first-order valence-electron chi connectivity index (χ1n) is 6.50. The summed E-state index contributed by atoms with van der Waals surface area (Å²) >= 11 is 0. The van der Waals surface area contributed by atoms with Crippen molar-refractivity contribution in [3.8, 4) is 5.75 Å². The molecule has 0 spiro atoms. The van der Waals surface area contributed by atoms with Gasteiger partial charge in [-0.05, 0) is 56.4 Å². The minimum Gasteiger partial charge on any atom is -0.494 e. The van der Waals surface area contributed by atoms with Gasteiger partial charge in [-0.2, -0.15) is 0 Å². The van der Waals surface area contributed by atoms with Gasteiger partial charge in [0.25, 0.3) is 0 Å². The summed E-state index contributed by atoms with van der Waals surface area (Å²) in [6.07, 6.45) is 1.17. The first kappa shape index (κ1) is 13.8. The molecule has 0 saturated heterocycles. The fourth-order valence-corrected chi connectivity index (χ4v) is 2.17. The second-order valence-electron chi connectivity index (χ2n) is 4.68. The number of ether oxygens (including phenoxy) is 1. The van der Waals surface area contributed by atoms with Gasteiger partial charge in [-0.3, -0.25) is 0 Å². The molecule has 1 nitrogen and oxygen atoms in total. The Bertz CT molecular complexity index is 369. The Morgan fingerprint density at radius 3 is 2.12 bits per heavy atom. The van der Waals surface area contributed by atoms with Crippen LogP contribution in [0.1, 0.15) is 46.6 Å². The standard InChI is InChI=1S/C16H24O/c1-6-13(5)16(12(3)4)14-8-10-15(11-9-14)17-7-2/h8-11,13H,6-7H2,1-5H3. The van der Waals surface area contributed by atoms with Gasteiger partial charge in [0, 0.05) is 0 Å². The SMILES string of the molecule is CCOc1ccc(C(=C(C)C)C(C)CC)cc1. The third kappa shape index (κ3) is 3.62. The van der Waals surface area contributed by atoms with Crippen LogP contribution in [-0.2, 0) is 0 Å². The van der Waals surface area contributed by atoms with Crippen LogP contribution in [-0.4, -0.2) is 6.61 Å². The van der Waals surface area contributed by atoms with Gasteiger partial charge in [-0.1, -0.05) is 31.6 Å². The van der Waals surface area contributed by atoms with Crippen molar-refractivity contribution < 1.29 is 4.74 Å². The van der Waals surface area contributed by atoms with Crippen molar-refractivity contribution in [2.24, 2.45) is 5.92 Å². The lowest BCUT2D eigenvalue weighted by Crippen LogP contribution is -2.00. The van der Waals surface area contributed by atoms with Gasteiger partial charge in [0.15, 0.2) is 0 Å². The number of hydrogen-bond acceptors (Lipinski definition) is 1. The van der Waals surface area contributed by atoms with Crippen LogP contribution in [0.2, 0.25) is 0 Å². The highest BCUT2D eigenvalue weighted by atomic mass is 16.5. The summed E-state index contributed by atoms with van der Waals surface area (Å²) in [6, 6.07) is 8.45. The molecule has 0 heterocycles. The average molecular weight is 232 g/mol. The number of hydrogen-bond donors (Lipinski definition) is 0. The highest BCUT2D eigenvalue weighted by Crippen LogP contribution is 2.30. The molecular weight excluding hydrogens is 208 g/mol. The maximum absolute atomic E-state index is 5.47. The molecule has 1 heteroatoms. The molecular formula is C16H24O. The summed E-state index contributed by atoms with van der Waals surface area (Å²) in [5.41, 5.74) is 4.20. The molecule has 0 aliphatic heterocycles. The van der Waals surface area contributed by atoms with Gasteiger partial charge in [0.05, 0.1) is 6.61 Å². The van der Waals surface area contributed by atoms with Crippen molar-refractivity contribution in [3.63, 3.8) is 0 Å². The molecule has 17 heavy (non-hydrogen) atoms. The predicted molar refractivity (Wildman–Crippen MR) is 75.3 cm³/mol. The molecule has 1 aromatic carbocycles. The van der Waals surface area contributed by atoms with E-state index in [1.807, 2.05) is 6.92 Å². The van der Waals surface area contributed by atoms with E-state index in [9.17, 15) is 0 Å². The molecule has 1 atom stereocenters. The highest BCUT2D eigenvalue weighted by Gasteiger charge is 2.10. The van der Waals surface area contributed by atoms with Gasteiger partial charge in [-0.15, -0.1) is 0 Å². The summed E-state index contributed by atoms with van der Waals surface area (Å²) < 4.78 is 5.47. The first-order chi connectivity index (χ1) is 8.10. The van der Waals surface area contributed by atoms with Crippen LogP contribution in [0.4, 0.5) is 0 Å². The summed E-state index contributed by atoms with van der Waals surface area (Å²) in [4.78, 5) is 0. The predicted octanol–water partition coefficient (Wildman–Crippen LogP) is 4.92. The normalized spacial score (nSPS) is 12.1. The molecule has 1 aromatic rings. The van der Waals surface area contributed by atoms with Gasteiger partial charge in [0.2, 0.25) is 0 Å². The fraction of sp³-hybridized carbons (Fsp3) is 0.500. The van der Waals surface area contributed by atoms with Gasteiger partial charge in [-0.25, -0.2) is 0 Å². The molecule has 1 unspecified atom stereocenters. The molecule has 0 aliphatic carbocycles. The van der Waals surface area contributed by atoms with Gasteiger partial charge in [0.1, 0.15) is 5.75 Å².